The highest BCUT2D eigenvalue weighted by Crippen LogP contribution is 2.25. The van der Waals surface area contributed by atoms with Crippen molar-refractivity contribution < 1.29 is 4.79 Å². The molecule has 2 heterocycles. The second-order valence-corrected chi connectivity index (χ2v) is 8.09. The van der Waals surface area contributed by atoms with Crippen LogP contribution in [0.4, 0.5) is 5.82 Å². The number of carbonyl (C=O) groups is 1. The first kappa shape index (κ1) is 20.0. The van der Waals surface area contributed by atoms with Crippen molar-refractivity contribution in [2.75, 3.05) is 5.32 Å². The monoisotopic (exact) mass is 397 g/mol. The van der Waals surface area contributed by atoms with Gasteiger partial charge in [0.1, 0.15) is 5.82 Å². The number of aryl methyl sites for hydroxylation is 1. The number of nitrogens with one attached hydrogen (secondary N) is 1. The Bertz CT molecular complexity index is 930. The maximum Gasteiger partial charge on any atom is 0.252 e. The molecule has 146 valence electrons. The average Bonchev–Trinajstić information content (AvgIpc) is 3.08. The van der Waals surface area contributed by atoms with E-state index in [1.165, 1.54) is 0 Å². The number of halogens is 1. The molecular weight excluding hydrogens is 374 g/mol. The zero-order chi connectivity index (χ0) is 20.1. The minimum atomic E-state index is -0.159. The SMILES string of the molecule is CC(C)(C)c1cc(NC(=O)CCCc2ccc(Cl)cc2)n(-c2ncccn2)n1. The van der Waals surface area contributed by atoms with Crippen LogP contribution in [-0.2, 0) is 16.6 Å². The van der Waals surface area contributed by atoms with Crippen LogP contribution in [-0.4, -0.2) is 25.7 Å². The molecule has 0 aliphatic carbocycles. The Balaban J connectivity index is 1.69. The third-order valence-electron chi connectivity index (χ3n) is 4.27. The van der Waals surface area contributed by atoms with Crippen molar-refractivity contribution in [1.29, 1.82) is 0 Å². The Morgan fingerprint density at radius 2 is 1.82 bits per heavy atom. The Hall–Kier alpha value is -2.73. The molecule has 0 aliphatic heterocycles. The van der Waals surface area contributed by atoms with Gasteiger partial charge in [0.15, 0.2) is 0 Å². The van der Waals surface area contributed by atoms with Crippen molar-refractivity contribution in [3.05, 3.63) is 65.1 Å². The zero-order valence-electron chi connectivity index (χ0n) is 16.3. The van der Waals surface area contributed by atoms with Gasteiger partial charge in [-0.05, 0) is 36.6 Å². The molecule has 0 aliphatic rings. The summed E-state index contributed by atoms with van der Waals surface area (Å²) in [5.74, 6) is 0.939. The number of hydrogen-bond acceptors (Lipinski definition) is 4. The number of hydrogen-bond donors (Lipinski definition) is 1. The van der Waals surface area contributed by atoms with Crippen LogP contribution in [0.3, 0.4) is 0 Å². The molecule has 0 saturated heterocycles. The lowest BCUT2D eigenvalue weighted by atomic mass is 9.92. The van der Waals surface area contributed by atoms with Gasteiger partial charge in [0, 0.05) is 35.3 Å². The van der Waals surface area contributed by atoms with Gasteiger partial charge in [-0.3, -0.25) is 4.79 Å². The molecule has 6 nitrogen and oxygen atoms in total. The van der Waals surface area contributed by atoms with Crippen LogP contribution in [0.15, 0.2) is 48.8 Å². The van der Waals surface area contributed by atoms with Crippen LogP contribution in [0.2, 0.25) is 5.02 Å². The standard InChI is InChI=1S/C21H24ClN5O/c1-21(2,3)17-14-18(27(26-17)20-23-12-5-13-24-20)25-19(28)7-4-6-15-8-10-16(22)11-9-15/h5,8-14H,4,6-7H2,1-3H3,(H,25,28). The predicted octanol–water partition coefficient (Wildman–Crippen LogP) is 4.57. The van der Waals surface area contributed by atoms with Crippen LogP contribution >= 0.6 is 11.6 Å². The van der Waals surface area contributed by atoms with E-state index in [0.29, 0.717) is 23.2 Å². The molecule has 0 fully saturated rings. The van der Waals surface area contributed by atoms with Crippen molar-refractivity contribution in [1.82, 2.24) is 19.7 Å². The quantitative estimate of drug-likeness (QED) is 0.661. The number of benzene rings is 1. The molecule has 0 bridgehead atoms. The van der Waals surface area contributed by atoms with Gasteiger partial charge in [-0.15, -0.1) is 0 Å². The Morgan fingerprint density at radius 3 is 2.46 bits per heavy atom. The maximum absolute atomic E-state index is 12.5. The summed E-state index contributed by atoms with van der Waals surface area (Å²) in [4.78, 5) is 21.0. The zero-order valence-corrected chi connectivity index (χ0v) is 17.1. The Morgan fingerprint density at radius 1 is 1.14 bits per heavy atom. The average molecular weight is 398 g/mol. The lowest BCUT2D eigenvalue weighted by Crippen LogP contribution is -2.16. The van der Waals surface area contributed by atoms with E-state index in [0.717, 1.165) is 24.1 Å². The van der Waals surface area contributed by atoms with Crippen LogP contribution < -0.4 is 5.32 Å². The van der Waals surface area contributed by atoms with E-state index in [9.17, 15) is 4.79 Å². The molecule has 0 spiro atoms. The van der Waals surface area contributed by atoms with Crippen LogP contribution in [0.5, 0.6) is 0 Å². The first-order chi connectivity index (χ1) is 13.3. The number of amides is 1. The Kier molecular flexibility index (Phi) is 6.09. The van der Waals surface area contributed by atoms with E-state index in [1.807, 2.05) is 30.3 Å². The summed E-state index contributed by atoms with van der Waals surface area (Å²) in [7, 11) is 0. The number of carbonyl (C=O) groups excluding carboxylic acids is 1. The van der Waals surface area contributed by atoms with Crippen molar-refractivity contribution >= 4 is 23.3 Å². The molecule has 0 unspecified atom stereocenters. The normalized spacial score (nSPS) is 11.4. The van der Waals surface area contributed by atoms with Gasteiger partial charge in [0.25, 0.3) is 5.95 Å². The molecule has 28 heavy (non-hydrogen) atoms. The molecule has 1 amide bonds. The van der Waals surface area contributed by atoms with Crippen molar-refractivity contribution in [2.45, 2.75) is 45.4 Å². The number of aromatic nitrogens is 4. The van der Waals surface area contributed by atoms with Crippen LogP contribution in [0, 0.1) is 0 Å². The van der Waals surface area contributed by atoms with Gasteiger partial charge in [-0.25, -0.2) is 9.97 Å². The lowest BCUT2D eigenvalue weighted by Gasteiger charge is -2.13. The molecule has 0 saturated carbocycles. The first-order valence-electron chi connectivity index (χ1n) is 9.25. The molecule has 3 aromatic rings. The largest absolute Gasteiger partial charge is 0.310 e. The highest BCUT2D eigenvalue weighted by Gasteiger charge is 2.22. The van der Waals surface area contributed by atoms with E-state index < -0.39 is 0 Å². The van der Waals surface area contributed by atoms with Crippen LogP contribution in [0.25, 0.3) is 5.95 Å². The van der Waals surface area contributed by atoms with Gasteiger partial charge >= 0.3 is 0 Å². The fourth-order valence-corrected chi connectivity index (χ4v) is 2.83. The van der Waals surface area contributed by atoms with Crippen molar-refractivity contribution in [3.8, 4) is 5.95 Å². The summed E-state index contributed by atoms with van der Waals surface area (Å²) in [5, 5.41) is 8.28. The van der Waals surface area contributed by atoms with Crippen molar-refractivity contribution in [3.63, 3.8) is 0 Å². The molecule has 0 radical (unpaired) electrons. The summed E-state index contributed by atoms with van der Waals surface area (Å²) in [5.41, 5.74) is 1.86. The summed E-state index contributed by atoms with van der Waals surface area (Å²) >= 11 is 5.90. The third-order valence-corrected chi connectivity index (χ3v) is 4.52. The number of anilines is 1. The third kappa shape index (κ3) is 5.16. The second-order valence-electron chi connectivity index (χ2n) is 7.65. The van der Waals surface area contributed by atoms with E-state index in [4.69, 9.17) is 11.6 Å². The minimum Gasteiger partial charge on any atom is -0.310 e. The predicted molar refractivity (Wildman–Crippen MR) is 111 cm³/mol. The van der Waals surface area contributed by atoms with E-state index in [-0.39, 0.29) is 11.3 Å². The summed E-state index contributed by atoms with van der Waals surface area (Å²) in [6.45, 7) is 6.22. The van der Waals surface area contributed by atoms with Crippen molar-refractivity contribution in [2.24, 2.45) is 0 Å². The molecule has 7 heteroatoms. The Labute approximate surface area is 170 Å². The number of nitrogens with zero attached hydrogens (tertiary/aromatic N) is 4. The molecule has 3 rings (SSSR count). The minimum absolute atomic E-state index is 0.0634. The summed E-state index contributed by atoms with van der Waals surface area (Å²) < 4.78 is 1.58. The van der Waals surface area contributed by atoms with Gasteiger partial charge in [0.05, 0.1) is 5.69 Å². The first-order valence-corrected chi connectivity index (χ1v) is 9.63. The second kappa shape index (κ2) is 8.52. The van der Waals surface area contributed by atoms with Gasteiger partial charge in [0.2, 0.25) is 5.91 Å². The molecule has 0 atom stereocenters. The highest BCUT2D eigenvalue weighted by molar-refractivity contribution is 6.30. The molecular formula is C21H24ClN5O. The number of rotatable bonds is 6. The van der Waals surface area contributed by atoms with E-state index in [1.54, 1.807) is 23.1 Å². The van der Waals surface area contributed by atoms with Crippen LogP contribution in [0.1, 0.15) is 44.9 Å². The fraction of sp³-hybridized carbons (Fsp3) is 0.333. The maximum atomic E-state index is 12.5. The molecule has 2 aromatic heterocycles. The summed E-state index contributed by atoms with van der Waals surface area (Å²) in [6.07, 6.45) is 5.28. The van der Waals surface area contributed by atoms with Gasteiger partial charge in [-0.2, -0.15) is 9.78 Å². The van der Waals surface area contributed by atoms with Gasteiger partial charge < -0.3 is 5.32 Å². The topological polar surface area (TPSA) is 72.7 Å². The fourth-order valence-electron chi connectivity index (χ4n) is 2.70. The summed E-state index contributed by atoms with van der Waals surface area (Å²) in [6, 6.07) is 11.3. The smallest absolute Gasteiger partial charge is 0.252 e. The molecule has 1 N–H and O–H groups in total. The van der Waals surface area contributed by atoms with Gasteiger partial charge in [-0.1, -0.05) is 44.5 Å². The molecule has 1 aromatic carbocycles. The van der Waals surface area contributed by atoms with E-state index in [2.05, 4.69) is 41.2 Å². The van der Waals surface area contributed by atoms with E-state index >= 15 is 0 Å². The lowest BCUT2D eigenvalue weighted by molar-refractivity contribution is -0.116. The highest BCUT2D eigenvalue weighted by atomic mass is 35.5.